The molecular formula is C21H35O5Si2. The van der Waals surface area contributed by atoms with Gasteiger partial charge in [0, 0.05) is 12.2 Å². The molecule has 0 amide bonds. The minimum absolute atomic E-state index is 0.267. The van der Waals surface area contributed by atoms with Crippen molar-refractivity contribution in [2.45, 2.75) is 57.9 Å². The minimum atomic E-state index is -1.69. The second-order valence-electron chi connectivity index (χ2n) is 7.68. The molecular weight excluding hydrogens is 388 g/mol. The first-order chi connectivity index (χ1) is 13.2. The quantitative estimate of drug-likeness (QED) is 0.203. The molecule has 28 heavy (non-hydrogen) atoms. The summed E-state index contributed by atoms with van der Waals surface area (Å²) in [7, 11) is -2.52. The van der Waals surface area contributed by atoms with Crippen molar-refractivity contribution in [1.29, 1.82) is 0 Å². The minimum Gasteiger partial charge on any atom is -0.508 e. The number of aromatic hydroxyl groups is 1. The second kappa shape index (κ2) is 12.9. The molecule has 0 saturated carbocycles. The lowest BCUT2D eigenvalue weighted by Crippen LogP contribution is -2.36. The number of para-hydroxylation sites is 1. The van der Waals surface area contributed by atoms with E-state index in [1.54, 1.807) is 13.0 Å². The molecule has 0 fully saturated rings. The van der Waals surface area contributed by atoms with E-state index in [0.717, 1.165) is 36.9 Å². The van der Waals surface area contributed by atoms with Crippen LogP contribution in [0, 0.1) is 0 Å². The van der Waals surface area contributed by atoms with E-state index in [-0.39, 0.29) is 12.6 Å². The lowest BCUT2D eigenvalue weighted by molar-refractivity contribution is -0.140. The fraction of sp³-hybridized carbons (Fsp3) is 0.571. The summed E-state index contributed by atoms with van der Waals surface area (Å²) in [4.78, 5) is 11.2. The highest BCUT2D eigenvalue weighted by atomic mass is 28.4. The van der Waals surface area contributed by atoms with Gasteiger partial charge in [-0.15, -0.1) is 0 Å². The molecule has 1 rings (SSSR count). The molecule has 0 atom stereocenters. The van der Waals surface area contributed by atoms with Crippen molar-refractivity contribution in [2.75, 3.05) is 19.8 Å². The molecule has 5 nitrogen and oxygen atoms in total. The third kappa shape index (κ3) is 10.8. The van der Waals surface area contributed by atoms with Crippen LogP contribution < -0.4 is 0 Å². The maximum Gasteiger partial charge on any atom is 0.333 e. The summed E-state index contributed by atoms with van der Waals surface area (Å²) in [5, 5.41) is 9.86. The van der Waals surface area contributed by atoms with Crippen molar-refractivity contribution in [3.05, 3.63) is 42.0 Å². The zero-order valence-corrected chi connectivity index (χ0v) is 19.8. The summed E-state index contributed by atoms with van der Waals surface area (Å²) in [6.45, 7) is 13.3. The fourth-order valence-corrected chi connectivity index (χ4v) is 9.10. The Kier molecular flexibility index (Phi) is 11.4. The number of aryl methyl sites for hydroxylation is 1. The van der Waals surface area contributed by atoms with Gasteiger partial charge in [-0.05, 0) is 69.5 Å². The first-order valence-corrected chi connectivity index (χ1v) is 15.1. The van der Waals surface area contributed by atoms with Gasteiger partial charge >= 0.3 is 5.97 Å². The van der Waals surface area contributed by atoms with Gasteiger partial charge in [-0.1, -0.05) is 24.8 Å². The number of phenols is 1. The van der Waals surface area contributed by atoms with Gasteiger partial charge in [0.05, 0.1) is 6.61 Å². The number of hydrogen-bond acceptors (Lipinski definition) is 5. The van der Waals surface area contributed by atoms with E-state index in [2.05, 4.69) is 26.2 Å². The van der Waals surface area contributed by atoms with Gasteiger partial charge in [0.15, 0.2) is 17.4 Å². The van der Waals surface area contributed by atoms with E-state index in [9.17, 15) is 9.90 Å². The summed E-state index contributed by atoms with van der Waals surface area (Å²) < 4.78 is 16.9. The van der Waals surface area contributed by atoms with Crippen LogP contribution in [0.25, 0.3) is 0 Å². The van der Waals surface area contributed by atoms with Gasteiger partial charge in [0.25, 0.3) is 0 Å². The second-order valence-corrected chi connectivity index (χ2v) is 14.4. The first kappa shape index (κ1) is 24.6. The molecule has 0 saturated heterocycles. The summed E-state index contributed by atoms with van der Waals surface area (Å²) in [5.74, 6) is 0.0169. The largest absolute Gasteiger partial charge is 0.508 e. The predicted octanol–water partition coefficient (Wildman–Crippen LogP) is 4.69. The molecule has 0 heterocycles. The van der Waals surface area contributed by atoms with Crippen molar-refractivity contribution in [1.82, 2.24) is 0 Å². The highest BCUT2D eigenvalue weighted by Gasteiger charge is 2.25. The number of carbonyl (C=O) groups excluding carboxylic acids is 1. The van der Waals surface area contributed by atoms with Gasteiger partial charge in [-0.3, -0.25) is 0 Å². The zero-order valence-electron chi connectivity index (χ0n) is 17.8. The van der Waals surface area contributed by atoms with E-state index >= 15 is 0 Å². The summed E-state index contributed by atoms with van der Waals surface area (Å²) in [6, 6.07) is 9.69. The van der Waals surface area contributed by atoms with E-state index in [1.165, 1.54) is 0 Å². The number of esters is 1. The Morgan fingerprint density at radius 3 is 2.57 bits per heavy atom. The topological polar surface area (TPSA) is 65.0 Å². The molecule has 0 aliphatic rings. The molecule has 0 aliphatic carbocycles. The molecule has 1 aromatic carbocycles. The van der Waals surface area contributed by atoms with Crippen molar-refractivity contribution in [2.24, 2.45) is 0 Å². The molecule has 0 bridgehead atoms. The Morgan fingerprint density at radius 2 is 1.89 bits per heavy atom. The molecule has 157 valence electrons. The number of hydrogen-bond donors (Lipinski definition) is 1. The lowest BCUT2D eigenvalue weighted by atomic mass is 10.1. The van der Waals surface area contributed by atoms with Crippen LogP contribution in [0.15, 0.2) is 36.4 Å². The average Bonchev–Trinajstić information content (AvgIpc) is 2.61. The number of carbonyl (C=O) groups is 1. The van der Waals surface area contributed by atoms with Gasteiger partial charge in [-0.2, -0.15) is 0 Å². The molecule has 0 spiro atoms. The van der Waals surface area contributed by atoms with E-state index in [4.69, 9.17) is 13.6 Å². The number of phenolic OH excluding ortho intramolecular Hbond substituents is 1. The fourth-order valence-electron chi connectivity index (χ4n) is 2.84. The number of benzene rings is 1. The summed E-state index contributed by atoms with van der Waals surface area (Å²) in [5.41, 5.74) is 1.42. The predicted molar refractivity (Wildman–Crippen MR) is 117 cm³/mol. The van der Waals surface area contributed by atoms with Crippen LogP contribution in [0.5, 0.6) is 5.75 Å². The average molecular weight is 424 g/mol. The van der Waals surface area contributed by atoms with Gasteiger partial charge in [0.2, 0.25) is 0 Å². The van der Waals surface area contributed by atoms with Gasteiger partial charge < -0.3 is 18.7 Å². The molecule has 0 aromatic heterocycles. The smallest absolute Gasteiger partial charge is 0.333 e. The highest BCUT2D eigenvalue weighted by molar-refractivity contribution is 6.78. The molecule has 1 radical (unpaired) electrons. The third-order valence-corrected chi connectivity index (χ3v) is 10.5. The first-order valence-electron chi connectivity index (χ1n) is 9.90. The Labute approximate surface area is 172 Å². The molecule has 1 aromatic rings. The van der Waals surface area contributed by atoms with Crippen LogP contribution in [0.2, 0.25) is 31.7 Å². The Morgan fingerprint density at radius 1 is 1.18 bits per heavy atom. The number of ether oxygens (including phenoxy) is 2. The SMILES string of the molecule is C=C(C)C(=O)OCCOCCC[Si](C)O[Si](C)(C)CCCc1ccccc1O. The standard InChI is InChI=1S/C21H35O5Si2/c1-18(2)21(23)25-15-14-24-13-9-16-27(3)26-28(4,5)17-8-11-19-10-6-7-12-20(19)22/h6-7,10,12,22H,1,8-9,11,13-17H2,2-5H3. The van der Waals surface area contributed by atoms with Gasteiger partial charge in [-0.25, -0.2) is 4.79 Å². The molecule has 7 heteroatoms. The van der Waals surface area contributed by atoms with Crippen LogP contribution in [-0.2, 0) is 24.8 Å². The normalized spacial score (nSPS) is 11.6. The van der Waals surface area contributed by atoms with Crippen molar-refractivity contribution in [3.63, 3.8) is 0 Å². The summed E-state index contributed by atoms with van der Waals surface area (Å²) >= 11 is 0. The van der Waals surface area contributed by atoms with Crippen LogP contribution in [0.3, 0.4) is 0 Å². The molecule has 1 N–H and O–H groups in total. The van der Waals surface area contributed by atoms with E-state index in [1.807, 2.05) is 18.2 Å². The molecule has 0 aliphatic heterocycles. The van der Waals surface area contributed by atoms with Crippen LogP contribution in [0.1, 0.15) is 25.3 Å². The van der Waals surface area contributed by atoms with Crippen LogP contribution in [0.4, 0.5) is 0 Å². The number of rotatable bonds is 14. The van der Waals surface area contributed by atoms with E-state index < -0.39 is 17.4 Å². The van der Waals surface area contributed by atoms with Crippen LogP contribution in [-0.4, -0.2) is 48.3 Å². The Hall–Kier alpha value is -1.42. The maximum atomic E-state index is 11.2. The van der Waals surface area contributed by atoms with Crippen molar-refractivity contribution in [3.8, 4) is 5.75 Å². The highest BCUT2D eigenvalue weighted by Crippen LogP contribution is 2.22. The van der Waals surface area contributed by atoms with E-state index in [0.29, 0.717) is 24.5 Å². The summed E-state index contributed by atoms with van der Waals surface area (Å²) in [6.07, 6.45) is 2.89. The van der Waals surface area contributed by atoms with Crippen molar-refractivity contribution < 1.29 is 23.5 Å². The third-order valence-electron chi connectivity index (χ3n) is 4.29. The lowest BCUT2D eigenvalue weighted by Gasteiger charge is -2.27. The monoisotopic (exact) mass is 423 g/mol. The molecule has 0 unspecified atom stereocenters. The Bertz CT molecular complexity index is 619. The Balaban J connectivity index is 2.12. The van der Waals surface area contributed by atoms with Crippen LogP contribution >= 0.6 is 0 Å². The zero-order chi connectivity index (χ0) is 21.0. The maximum absolute atomic E-state index is 11.2. The van der Waals surface area contributed by atoms with Gasteiger partial charge in [0.1, 0.15) is 12.4 Å². The van der Waals surface area contributed by atoms with Crippen molar-refractivity contribution >= 4 is 23.3 Å².